The van der Waals surface area contributed by atoms with Crippen LogP contribution in [0.3, 0.4) is 0 Å². The zero-order valence-electron chi connectivity index (χ0n) is 11.7. The lowest BCUT2D eigenvalue weighted by Crippen LogP contribution is -2.32. The average Bonchev–Trinajstić information content (AvgIpc) is 2.44. The van der Waals surface area contributed by atoms with Gasteiger partial charge in [0.25, 0.3) is 0 Å². The van der Waals surface area contributed by atoms with Crippen LogP contribution in [0.5, 0.6) is 0 Å². The van der Waals surface area contributed by atoms with Crippen molar-refractivity contribution in [1.29, 1.82) is 0 Å². The molecule has 2 nitrogen and oxygen atoms in total. The third kappa shape index (κ3) is 2.14. The van der Waals surface area contributed by atoms with Crippen molar-refractivity contribution in [1.82, 2.24) is 4.90 Å². The first kappa shape index (κ1) is 12.0. The van der Waals surface area contributed by atoms with Gasteiger partial charge in [0.1, 0.15) is 0 Å². The third-order valence-electron chi connectivity index (χ3n) is 4.70. The molecule has 2 heteroatoms. The van der Waals surface area contributed by atoms with E-state index in [1.165, 1.54) is 51.0 Å². The molecule has 2 aliphatic rings. The molecule has 0 N–H and O–H groups in total. The summed E-state index contributed by atoms with van der Waals surface area (Å²) >= 11 is 0. The second kappa shape index (κ2) is 4.93. The van der Waals surface area contributed by atoms with Crippen molar-refractivity contribution in [2.24, 2.45) is 0 Å². The molecule has 1 atom stereocenters. The van der Waals surface area contributed by atoms with E-state index in [4.69, 9.17) is 0 Å². The molecular formula is C16H24N2. The highest BCUT2D eigenvalue weighted by Crippen LogP contribution is 2.32. The van der Waals surface area contributed by atoms with E-state index in [1.54, 1.807) is 11.1 Å². The van der Waals surface area contributed by atoms with Crippen LogP contribution in [-0.4, -0.2) is 31.6 Å². The van der Waals surface area contributed by atoms with Crippen molar-refractivity contribution in [3.63, 3.8) is 0 Å². The average molecular weight is 244 g/mol. The number of nitrogens with zero attached hydrogens (tertiary/aromatic N) is 2. The van der Waals surface area contributed by atoms with Crippen LogP contribution >= 0.6 is 0 Å². The van der Waals surface area contributed by atoms with Crippen molar-refractivity contribution in [2.45, 2.75) is 38.6 Å². The van der Waals surface area contributed by atoms with E-state index in [-0.39, 0.29) is 0 Å². The quantitative estimate of drug-likeness (QED) is 0.748. The first-order valence-electron chi connectivity index (χ1n) is 7.34. The van der Waals surface area contributed by atoms with Crippen LogP contribution in [0.25, 0.3) is 0 Å². The molecule has 0 aromatic heterocycles. The van der Waals surface area contributed by atoms with E-state index >= 15 is 0 Å². The third-order valence-corrected chi connectivity index (χ3v) is 4.70. The second-order valence-electron chi connectivity index (χ2n) is 5.84. The molecule has 3 rings (SSSR count). The molecule has 1 unspecified atom stereocenters. The Labute approximate surface area is 111 Å². The summed E-state index contributed by atoms with van der Waals surface area (Å²) in [7, 11) is 2.24. The van der Waals surface area contributed by atoms with Crippen molar-refractivity contribution < 1.29 is 0 Å². The normalized spacial score (nSPS) is 25.0. The van der Waals surface area contributed by atoms with Crippen molar-refractivity contribution >= 4 is 5.69 Å². The highest BCUT2D eigenvalue weighted by molar-refractivity contribution is 5.52. The fourth-order valence-corrected chi connectivity index (χ4v) is 3.28. The Hall–Kier alpha value is -1.02. The molecule has 0 spiro atoms. The molecule has 0 bridgehead atoms. The molecule has 1 saturated heterocycles. The van der Waals surface area contributed by atoms with Gasteiger partial charge in [-0.25, -0.2) is 0 Å². The van der Waals surface area contributed by atoms with Crippen molar-refractivity contribution in [3.8, 4) is 0 Å². The number of rotatable bonds is 1. The lowest BCUT2D eigenvalue weighted by molar-refractivity contribution is 0.247. The minimum atomic E-state index is 0.568. The predicted molar refractivity (Wildman–Crippen MR) is 77.3 cm³/mol. The minimum absolute atomic E-state index is 0.568. The SMILES string of the molecule is CC1c2cc(N3CCCCC3)ccc2CCN1C. The van der Waals surface area contributed by atoms with Gasteiger partial charge in [0.2, 0.25) is 0 Å². The maximum absolute atomic E-state index is 2.56. The summed E-state index contributed by atoms with van der Waals surface area (Å²) in [5, 5.41) is 0. The summed E-state index contributed by atoms with van der Waals surface area (Å²) in [6.07, 6.45) is 5.32. The van der Waals surface area contributed by atoms with Crippen LogP contribution in [-0.2, 0) is 6.42 Å². The highest BCUT2D eigenvalue weighted by atomic mass is 15.1. The minimum Gasteiger partial charge on any atom is -0.372 e. The van der Waals surface area contributed by atoms with E-state index in [0.717, 1.165) is 0 Å². The number of fused-ring (bicyclic) bond motifs is 1. The van der Waals surface area contributed by atoms with Gasteiger partial charge < -0.3 is 4.90 Å². The molecule has 0 aliphatic carbocycles. The zero-order chi connectivity index (χ0) is 12.5. The molecule has 2 aliphatic heterocycles. The maximum Gasteiger partial charge on any atom is 0.0369 e. The van der Waals surface area contributed by atoms with Crippen LogP contribution in [0.2, 0.25) is 0 Å². The first-order chi connectivity index (χ1) is 8.75. The lowest BCUT2D eigenvalue weighted by atomic mass is 9.93. The molecule has 1 fully saturated rings. The Morgan fingerprint density at radius 3 is 2.61 bits per heavy atom. The summed E-state index contributed by atoms with van der Waals surface area (Å²) in [6, 6.07) is 7.71. The molecule has 0 saturated carbocycles. The Balaban J connectivity index is 1.89. The van der Waals surface area contributed by atoms with Crippen LogP contribution < -0.4 is 4.90 Å². The Morgan fingerprint density at radius 1 is 1.06 bits per heavy atom. The number of hydrogen-bond donors (Lipinski definition) is 0. The van der Waals surface area contributed by atoms with Gasteiger partial charge in [0, 0.05) is 31.4 Å². The van der Waals surface area contributed by atoms with Gasteiger partial charge in [-0.1, -0.05) is 6.07 Å². The van der Waals surface area contributed by atoms with Crippen molar-refractivity contribution in [2.75, 3.05) is 31.6 Å². The Kier molecular flexibility index (Phi) is 3.29. The van der Waals surface area contributed by atoms with Gasteiger partial charge in [0.05, 0.1) is 0 Å². The molecular weight excluding hydrogens is 220 g/mol. The lowest BCUT2D eigenvalue weighted by Gasteiger charge is -2.34. The van der Waals surface area contributed by atoms with Gasteiger partial charge >= 0.3 is 0 Å². The molecule has 98 valence electrons. The number of benzene rings is 1. The smallest absolute Gasteiger partial charge is 0.0369 e. The van der Waals surface area contributed by atoms with E-state index in [0.29, 0.717) is 6.04 Å². The topological polar surface area (TPSA) is 6.48 Å². The molecule has 1 aromatic rings. The zero-order valence-corrected chi connectivity index (χ0v) is 11.7. The van der Waals surface area contributed by atoms with Gasteiger partial charge in [-0.05, 0) is 62.9 Å². The van der Waals surface area contributed by atoms with Gasteiger partial charge in [-0.15, -0.1) is 0 Å². The number of hydrogen-bond acceptors (Lipinski definition) is 2. The molecule has 1 aromatic carbocycles. The summed E-state index contributed by atoms with van der Waals surface area (Å²) < 4.78 is 0. The summed E-state index contributed by atoms with van der Waals surface area (Å²) in [4.78, 5) is 5.02. The Morgan fingerprint density at radius 2 is 1.83 bits per heavy atom. The number of anilines is 1. The van der Waals surface area contributed by atoms with Gasteiger partial charge in [0.15, 0.2) is 0 Å². The Bertz CT molecular complexity index is 421. The van der Waals surface area contributed by atoms with E-state index < -0.39 is 0 Å². The van der Waals surface area contributed by atoms with E-state index in [9.17, 15) is 0 Å². The molecule has 0 amide bonds. The van der Waals surface area contributed by atoms with Gasteiger partial charge in [-0.3, -0.25) is 4.90 Å². The monoisotopic (exact) mass is 244 g/mol. The largest absolute Gasteiger partial charge is 0.372 e. The van der Waals surface area contributed by atoms with Crippen LogP contribution in [0, 0.1) is 0 Å². The number of piperidine rings is 1. The first-order valence-corrected chi connectivity index (χ1v) is 7.34. The highest BCUT2D eigenvalue weighted by Gasteiger charge is 2.22. The van der Waals surface area contributed by atoms with Crippen molar-refractivity contribution in [3.05, 3.63) is 29.3 Å². The van der Waals surface area contributed by atoms with E-state index in [1.807, 2.05) is 0 Å². The molecule has 2 heterocycles. The van der Waals surface area contributed by atoms with Crippen LogP contribution in [0.15, 0.2) is 18.2 Å². The predicted octanol–water partition coefficient (Wildman–Crippen LogP) is 3.23. The summed E-state index contributed by atoms with van der Waals surface area (Å²) in [5.74, 6) is 0. The molecule has 18 heavy (non-hydrogen) atoms. The van der Waals surface area contributed by atoms with Gasteiger partial charge in [-0.2, -0.15) is 0 Å². The maximum atomic E-state index is 2.56. The standard InChI is InChI=1S/C16H24N2/c1-13-16-12-15(18-9-4-3-5-10-18)7-6-14(16)8-11-17(13)2/h6-7,12-13H,3-5,8-11H2,1-2H3. The van der Waals surface area contributed by atoms with Crippen LogP contribution in [0.4, 0.5) is 5.69 Å². The summed E-state index contributed by atoms with van der Waals surface area (Å²) in [6.45, 7) is 6.00. The van der Waals surface area contributed by atoms with E-state index in [2.05, 4.69) is 42.0 Å². The number of likely N-dealkylation sites (N-methyl/N-ethyl adjacent to an activating group) is 1. The van der Waals surface area contributed by atoms with Crippen LogP contribution in [0.1, 0.15) is 43.4 Å². The second-order valence-corrected chi connectivity index (χ2v) is 5.84. The molecule has 0 radical (unpaired) electrons. The fraction of sp³-hybridized carbons (Fsp3) is 0.625. The fourth-order valence-electron chi connectivity index (χ4n) is 3.28. The summed E-state index contributed by atoms with van der Waals surface area (Å²) in [5.41, 5.74) is 4.55.